The molecule has 0 aliphatic heterocycles. The first kappa shape index (κ1) is 9.83. The van der Waals surface area contributed by atoms with Crippen LogP contribution in [0.5, 0.6) is 0 Å². The second kappa shape index (κ2) is 4.21. The Balaban J connectivity index is 1.97. The fourth-order valence-electron chi connectivity index (χ4n) is 1.45. The highest BCUT2D eigenvalue weighted by molar-refractivity contribution is 5.79. The van der Waals surface area contributed by atoms with E-state index in [9.17, 15) is 4.79 Å². The van der Waals surface area contributed by atoms with Crippen molar-refractivity contribution < 1.29 is 14.3 Å². The van der Waals surface area contributed by atoms with Crippen LogP contribution in [0.25, 0.3) is 0 Å². The van der Waals surface area contributed by atoms with E-state index in [0.717, 1.165) is 18.6 Å². The van der Waals surface area contributed by atoms with Crippen molar-refractivity contribution in [2.45, 2.75) is 25.4 Å². The number of nitrogens with zero attached hydrogens (tertiary/aromatic N) is 1. The van der Waals surface area contributed by atoms with Gasteiger partial charge in [-0.3, -0.25) is 0 Å². The lowest BCUT2D eigenvalue weighted by atomic mass is 10.4. The van der Waals surface area contributed by atoms with Crippen molar-refractivity contribution in [3.8, 4) is 0 Å². The smallest absolute Gasteiger partial charge is 0.329 e. The summed E-state index contributed by atoms with van der Waals surface area (Å²) in [6, 6.07) is 4.20. The first-order chi connectivity index (χ1) is 7.25. The molecule has 1 aliphatic rings. The summed E-state index contributed by atoms with van der Waals surface area (Å²) in [5.41, 5.74) is 0. The largest absolute Gasteiger partial charge is 0.478 e. The highest BCUT2D eigenvalue weighted by Gasteiger charge is 2.27. The summed E-state index contributed by atoms with van der Waals surface area (Å²) >= 11 is 0. The fourth-order valence-corrected chi connectivity index (χ4v) is 1.45. The van der Waals surface area contributed by atoms with Crippen LogP contribution in [0.1, 0.15) is 18.6 Å². The summed E-state index contributed by atoms with van der Waals surface area (Å²) in [4.78, 5) is 12.4. The number of hydrogen-bond donors (Lipinski definition) is 1. The minimum atomic E-state index is -0.917. The molecule has 0 aromatic carbocycles. The molecule has 80 valence electrons. The maximum Gasteiger partial charge on any atom is 0.329 e. The number of furan rings is 1. The molecule has 1 heterocycles. The lowest BCUT2D eigenvalue weighted by Crippen LogP contribution is -2.19. The highest BCUT2D eigenvalue weighted by Crippen LogP contribution is 2.28. The molecule has 1 N–H and O–H groups in total. The van der Waals surface area contributed by atoms with Gasteiger partial charge in [-0.2, -0.15) is 0 Å². The first-order valence-corrected chi connectivity index (χ1v) is 4.95. The molecule has 0 atom stereocenters. The van der Waals surface area contributed by atoms with E-state index in [-0.39, 0.29) is 0 Å². The number of rotatable bonds is 5. The molecule has 0 unspecified atom stereocenters. The summed E-state index contributed by atoms with van der Waals surface area (Å²) < 4.78 is 5.23. The molecule has 0 amide bonds. The van der Waals surface area contributed by atoms with Gasteiger partial charge in [0.15, 0.2) is 0 Å². The Morgan fingerprint density at radius 3 is 3.00 bits per heavy atom. The van der Waals surface area contributed by atoms with Gasteiger partial charge in [-0.25, -0.2) is 4.79 Å². The average Bonchev–Trinajstić information content (AvgIpc) is 2.91. The predicted octanol–water partition coefficient (Wildman–Crippen LogP) is 1.84. The molecule has 15 heavy (non-hydrogen) atoms. The SMILES string of the molecule is O=C(O)C=CN(Cc1ccco1)C1CC1. The van der Waals surface area contributed by atoms with Gasteiger partial charge in [-0.1, -0.05) is 0 Å². The normalized spacial score (nSPS) is 15.7. The predicted molar refractivity (Wildman–Crippen MR) is 54.0 cm³/mol. The number of carboxylic acids is 1. The van der Waals surface area contributed by atoms with Crippen molar-refractivity contribution in [3.05, 3.63) is 36.4 Å². The Bertz CT molecular complexity index is 352. The summed E-state index contributed by atoms with van der Waals surface area (Å²) in [5, 5.41) is 8.55. The van der Waals surface area contributed by atoms with Crippen LogP contribution in [0, 0.1) is 0 Å². The zero-order valence-corrected chi connectivity index (χ0v) is 8.30. The molecule has 0 bridgehead atoms. The van der Waals surface area contributed by atoms with Crippen LogP contribution in [-0.4, -0.2) is 22.0 Å². The molecule has 0 radical (unpaired) electrons. The van der Waals surface area contributed by atoms with Crippen molar-refractivity contribution in [2.24, 2.45) is 0 Å². The molecule has 2 rings (SSSR count). The number of hydrogen-bond acceptors (Lipinski definition) is 3. The van der Waals surface area contributed by atoms with Crippen molar-refractivity contribution >= 4 is 5.97 Å². The summed E-state index contributed by atoms with van der Waals surface area (Å²) in [6.45, 7) is 0.640. The van der Waals surface area contributed by atoms with Gasteiger partial charge in [0.25, 0.3) is 0 Å². The lowest BCUT2D eigenvalue weighted by molar-refractivity contribution is -0.131. The quantitative estimate of drug-likeness (QED) is 0.748. The van der Waals surface area contributed by atoms with Crippen LogP contribution >= 0.6 is 0 Å². The third-order valence-electron chi connectivity index (χ3n) is 2.34. The Kier molecular flexibility index (Phi) is 2.76. The number of carbonyl (C=O) groups is 1. The molecular formula is C11H13NO3. The third-order valence-corrected chi connectivity index (χ3v) is 2.34. The summed E-state index contributed by atoms with van der Waals surface area (Å²) in [5.74, 6) is -0.0583. The molecule has 4 heteroatoms. The van der Waals surface area contributed by atoms with Gasteiger partial charge in [-0.15, -0.1) is 0 Å². The Morgan fingerprint density at radius 1 is 1.67 bits per heavy atom. The van der Waals surface area contributed by atoms with Gasteiger partial charge >= 0.3 is 5.97 Å². The third kappa shape index (κ3) is 2.87. The summed E-state index contributed by atoms with van der Waals surface area (Å²) in [6.07, 6.45) is 6.68. The number of aliphatic carboxylic acids is 1. The number of carboxylic acid groups (broad SMARTS) is 1. The maximum atomic E-state index is 10.4. The Morgan fingerprint density at radius 2 is 2.47 bits per heavy atom. The van der Waals surface area contributed by atoms with Crippen molar-refractivity contribution in [1.29, 1.82) is 0 Å². The molecule has 0 saturated heterocycles. The van der Waals surface area contributed by atoms with Crippen LogP contribution in [0.3, 0.4) is 0 Å². The molecular weight excluding hydrogens is 194 g/mol. The van der Waals surface area contributed by atoms with Gasteiger partial charge in [-0.05, 0) is 25.0 Å². The van der Waals surface area contributed by atoms with Gasteiger partial charge < -0.3 is 14.4 Å². The van der Waals surface area contributed by atoms with Crippen LogP contribution in [0.2, 0.25) is 0 Å². The Hall–Kier alpha value is -1.71. The van der Waals surface area contributed by atoms with E-state index in [4.69, 9.17) is 9.52 Å². The monoisotopic (exact) mass is 207 g/mol. The van der Waals surface area contributed by atoms with E-state index in [1.807, 2.05) is 17.0 Å². The molecule has 1 aromatic heterocycles. The molecule has 1 aromatic rings. The van der Waals surface area contributed by atoms with Crippen LogP contribution in [0.4, 0.5) is 0 Å². The van der Waals surface area contributed by atoms with Gasteiger partial charge in [0.05, 0.1) is 12.8 Å². The zero-order chi connectivity index (χ0) is 10.7. The second-order valence-electron chi connectivity index (χ2n) is 3.64. The molecule has 1 fully saturated rings. The molecule has 1 saturated carbocycles. The van der Waals surface area contributed by atoms with E-state index >= 15 is 0 Å². The molecule has 4 nitrogen and oxygen atoms in total. The average molecular weight is 207 g/mol. The zero-order valence-electron chi connectivity index (χ0n) is 8.30. The van der Waals surface area contributed by atoms with Crippen molar-refractivity contribution in [1.82, 2.24) is 4.90 Å². The van der Waals surface area contributed by atoms with Gasteiger partial charge in [0.2, 0.25) is 0 Å². The standard InChI is InChI=1S/C11H13NO3/c13-11(14)5-6-12(9-3-4-9)8-10-2-1-7-15-10/h1-2,5-7,9H,3-4,8H2,(H,13,14). The summed E-state index contributed by atoms with van der Waals surface area (Å²) in [7, 11) is 0. The fraction of sp³-hybridized carbons (Fsp3) is 0.364. The van der Waals surface area contributed by atoms with E-state index in [0.29, 0.717) is 12.6 Å². The topological polar surface area (TPSA) is 53.7 Å². The highest BCUT2D eigenvalue weighted by atomic mass is 16.4. The molecule has 0 spiro atoms. The van der Waals surface area contributed by atoms with E-state index < -0.39 is 5.97 Å². The van der Waals surface area contributed by atoms with Gasteiger partial charge in [0.1, 0.15) is 5.76 Å². The lowest BCUT2D eigenvalue weighted by Gasteiger charge is -2.17. The van der Waals surface area contributed by atoms with E-state index in [2.05, 4.69) is 0 Å². The minimum absolute atomic E-state index is 0.477. The second-order valence-corrected chi connectivity index (χ2v) is 3.64. The van der Waals surface area contributed by atoms with Crippen LogP contribution < -0.4 is 0 Å². The first-order valence-electron chi connectivity index (χ1n) is 4.95. The van der Waals surface area contributed by atoms with Crippen molar-refractivity contribution in [2.75, 3.05) is 0 Å². The van der Waals surface area contributed by atoms with Crippen LogP contribution in [-0.2, 0) is 11.3 Å². The molecule has 1 aliphatic carbocycles. The van der Waals surface area contributed by atoms with E-state index in [1.54, 1.807) is 12.5 Å². The Labute approximate surface area is 87.8 Å². The van der Waals surface area contributed by atoms with E-state index in [1.165, 1.54) is 6.08 Å². The van der Waals surface area contributed by atoms with Gasteiger partial charge in [0, 0.05) is 18.3 Å². The maximum absolute atomic E-state index is 10.4. The van der Waals surface area contributed by atoms with Crippen LogP contribution in [0.15, 0.2) is 35.1 Å². The van der Waals surface area contributed by atoms with Crippen molar-refractivity contribution in [3.63, 3.8) is 0 Å². The minimum Gasteiger partial charge on any atom is -0.478 e.